The fourth-order valence-electron chi connectivity index (χ4n) is 2.61. The monoisotopic (exact) mass is 274 g/mol. The topological polar surface area (TPSA) is 90.7 Å². The Bertz CT molecular complexity index is 736. The van der Waals surface area contributed by atoms with Crippen LogP contribution in [0.25, 0.3) is 11.0 Å². The van der Waals surface area contributed by atoms with Crippen LogP contribution >= 0.6 is 0 Å². The smallest absolute Gasteiger partial charge is 0.235 e. The molecule has 1 aromatic carbocycles. The lowest BCUT2D eigenvalue weighted by Gasteiger charge is -2.18. The van der Waals surface area contributed by atoms with E-state index in [1.54, 1.807) is 12.1 Å². The lowest BCUT2D eigenvalue weighted by Crippen LogP contribution is -2.39. The predicted molar refractivity (Wildman–Crippen MR) is 65.3 cm³/mol. The maximum absolute atomic E-state index is 12.0. The summed E-state index contributed by atoms with van der Waals surface area (Å²) in [5.41, 5.74) is 1.03. The molecule has 0 spiro atoms. The maximum atomic E-state index is 12.0. The Kier molecular flexibility index (Phi) is 2.23. The second-order valence-corrected chi connectivity index (χ2v) is 4.74. The molecular weight excluding hydrogens is 264 g/mol. The maximum Gasteiger partial charge on any atom is 0.235 e. The number of carbonyl (C=O) groups is 2. The number of imide groups is 1. The molecule has 1 aromatic heterocycles. The number of hydrogen-bond acceptors (Lipinski definition) is 6. The highest BCUT2D eigenvalue weighted by molar-refractivity contribution is 6.03. The summed E-state index contributed by atoms with van der Waals surface area (Å²) in [7, 11) is 0. The zero-order valence-corrected chi connectivity index (χ0v) is 10.3. The van der Waals surface area contributed by atoms with Gasteiger partial charge in [-0.05, 0) is 18.6 Å². The van der Waals surface area contributed by atoms with Crippen molar-refractivity contribution in [2.24, 2.45) is 0 Å². The van der Waals surface area contributed by atoms with Crippen LogP contribution in [0.4, 0.5) is 0 Å². The van der Waals surface area contributed by atoms with Crippen molar-refractivity contribution in [1.29, 1.82) is 0 Å². The molecule has 7 nitrogen and oxygen atoms in total. The molecule has 20 heavy (non-hydrogen) atoms. The van der Waals surface area contributed by atoms with Crippen molar-refractivity contribution in [2.45, 2.75) is 18.8 Å². The van der Waals surface area contributed by atoms with Crippen LogP contribution in [0.3, 0.4) is 0 Å². The largest absolute Gasteiger partial charge is 0.454 e. The number of aromatic nitrogens is 1. The van der Waals surface area contributed by atoms with E-state index in [4.69, 9.17) is 14.0 Å². The first-order chi connectivity index (χ1) is 9.74. The molecule has 0 saturated carbocycles. The van der Waals surface area contributed by atoms with E-state index < -0.39 is 5.92 Å². The zero-order valence-electron chi connectivity index (χ0n) is 10.3. The van der Waals surface area contributed by atoms with Crippen LogP contribution in [-0.2, 0) is 9.59 Å². The van der Waals surface area contributed by atoms with Gasteiger partial charge < -0.3 is 14.0 Å². The van der Waals surface area contributed by atoms with Crippen LogP contribution in [0.1, 0.15) is 24.5 Å². The molecule has 7 heteroatoms. The van der Waals surface area contributed by atoms with Gasteiger partial charge in [0.05, 0.1) is 11.3 Å². The Balaban J connectivity index is 1.86. The van der Waals surface area contributed by atoms with E-state index in [0.29, 0.717) is 34.6 Å². The van der Waals surface area contributed by atoms with Crippen molar-refractivity contribution in [3.8, 4) is 11.5 Å². The summed E-state index contributed by atoms with van der Waals surface area (Å²) in [4.78, 5) is 23.2. The minimum Gasteiger partial charge on any atom is -0.454 e. The summed E-state index contributed by atoms with van der Waals surface area (Å²) in [6.07, 6.45) is 0.702. The van der Waals surface area contributed by atoms with Crippen molar-refractivity contribution in [3.63, 3.8) is 0 Å². The van der Waals surface area contributed by atoms with Crippen LogP contribution in [0.2, 0.25) is 0 Å². The van der Waals surface area contributed by atoms with Crippen LogP contribution < -0.4 is 14.8 Å². The van der Waals surface area contributed by atoms with Gasteiger partial charge in [0.25, 0.3) is 0 Å². The molecule has 2 aromatic rings. The van der Waals surface area contributed by atoms with Crippen molar-refractivity contribution < 1.29 is 23.6 Å². The van der Waals surface area contributed by atoms with Crippen LogP contribution in [0, 0.1) is 0 Å². The van der Waals surface area contributed by atoms with E-state index in [1.807, 2.05) is 0 Å². The number of ether oxygens (including phenoxy) is 2. The number of nitrogens with zero attached hydrogens (tertiary/aromatic N) is 1. The average molecular weight is 274 g/mol. The van der Waals surface area contributed by atoms with Gasteiger partial charge >= 0.3 is 0 Å². The van der Waals surface area contributed by atoms with E-state index >= 15 is 0 Å². The third-order valence-corrected chi connectivity index (χ3v) is 3.57. The van der Waals surface area contributed by atoms with Crippen LogP contribution in [0.15, 0.2) is 16.7 Å². The van der Waals surface area contributed by atoms with Crippen molar-refractivity contribution in [1.82, 2.24) is 10.5 Å². The third-order valence-electron chi connectivity index (χ3n) is 3.57. The lowest BCUT2D eigenvalue weighted by atomic mass is 9.92. The number of amides is 2. The predicted octanol–water partition coefficient (Wildman–Crippen LogP) is 1.08. The molecule has 0 aliphatic carbocycles. The molecule has 4 rings (SSSR count). The second kappa shape index (κ2) is 3.96. The highest BCUT2D eigenvalue weighted by atomic mass is 16.7. The minimum absolute atomic E-state index is 0.133. The number of benzene rings is 1. The Labute approximate surface area is 112 Å². The number of hydrogen-bond donors (Lipinski definition) is 1. The summed E-state index contributed by atoms with van der Waals surface area (Å²) in [5.74, 6) is 0.0270. The lowest BCUT2D eigenvalue weighted by molar-refractivity contribution is -0.134. The molecule has 1 atom stereocenters. The molecule has 1 unspecified atom stereocenters. The summed E-state index contributed by atoms with van der Waals surface area (Å²) in [6, 6.07) is 3.47. The normalized spacial score (nSPS) is 21.3. The van der Waals surface area contributed by atoms with Gasteiger partial charge in [0, 0.05) is 6.42 Å². The second-order valence-electron chi connectivity index (χ2n) is 4.74. The number of fused-ring (bicyclic) bond motifs is 3. The van der Waals surface area contributed by atoms with Gasteiger partial charge in [-0.15, -0.1) is 0 Å². The first kappa shape index (κ1) is 11.3. The van der Waals surface area contributed by atoms with E-state index in [9.17, 15) is 9.59 Å². The quantitative estimate of drug-likeness (QED) is 0.782. The molecule has 2 amide bonds. The van der Waals surface area contributed by atoms with E-state index in [2.05, 4.69) is 10.5 Å². The van der Waals surface area contributed by atoms with Gasteiger partial charge in [0.2, 0.25) is 18.6 Å². The molecule has 102 valence electrons. The van der Waals surface area contributed by atoms with Gasteiger partial charge in [-0.25, -0.2) is 0 Å². The van der Waals surface area contributed by atoms with Crippen molar-refractivity contribution in [3.05, 3.63) is 17.8 Å². The Hall–Kier alpha value is -2.57. The van der Waals surface area contributed by atoms with Crippen molar-refractivity contribution >= 4 is 22.8 Å². The van der Waals surface area contributed by atoms with Gasteiger partial charge in [0.15, 0.2) is 17.1 Å². The first-order valence-electron chi connectivity index (χ1n) is 6.25. The summed E-state index contributed by atoms with van der Waals surface area (Å²) in [6.45, 7) is 0.133. The molecule has 0 bridgehead atoms. The molecule has 0 radical (unpaired) electrons. The van der Waals surface area contributed by atoms with E-state index in [1.165, 1.54) is 0 Å². The van der Waals surface area contributed by atoms with Gasteiger partial charge in [-0.1, -0.05) is 5.16 Å². The Morgan fingerprint density at radius 2 is 2.15 bits per heavy atom. The average Bonchev–Trinajstić information content (AvgIpc) is 3.03. The van der Waals surface area contributed by atoms with E-state index in [0.717, 1.165) is 0 Å². The summed E-state index contributed by atoms with van der Waals surface area (Å²) < 4.78 is 16.0. The molecule has 2 aliphatic rings. The van der Waals surface area contributed by atoms with Gasteiger partial charge in [0.1, 0.15) is 5.69 Å². The number of piperidine rings is 1. The molecule has 1 fully saturated rings. The first-order valence-corrected chi connectivity index (χ1v) is 6.25. The summed E-state index contributed by atoms with van der Waals surface area (Å²) in [5, 5.41) is 6.96. The number of nitrogens with one attached hydrogen (secondary N) is 1. The molecular formula is C13H10N2O5. The standard InChI is InChI=1S/C13H10N2O5/c16-9-4-1-6(13(17)14-9)11-10-7(20-15-11)2-3-8-12(10)19-5-18-8/h2-3,6H,1,4-5H2,(H,14,16,17). The highest BCUT2D eigenvalue weighted by Crippen LogP contribution is 2.43. The number of carbonyl (C=O) groups excluding carboxylic acids is 2. The Morgan fingerprint density at radius 3 is 3.00 bits per heavy atom. The Morgan fingerprint density at radius 1 is 1.25 bits per heavy atom. The molecule has 1 saturated heterocycles. The SMILES string of the molecule is O=C1CCC(c2noc3ccc4c(c23)OCO4)C(=O)N1. The molecule has 1 N–H and O–H groups in total. The fourth-order valence-corrected chi connectivity index (χ4v) is 2.61. The minimum atomic E-state index is -0.510. The highest BCUT2D eigenvalue weighted by Gasteiger charge is 2.34. The third kappa shape index (κ3) is 1.49. The van der Waals surface area contributed by atoms with Crippen LogP contribution in [0.5, 0.6) is 11.5 Å². The van der Waals surface area contributed by atoms with Crippen molar-refractivity contribution in [2.75, 3.05) is 6.79 Å². The fraction of sp³-hybridized carbons (Fsp3) is 0.308. The van der Waals surface area contributed by atoms with Gasteiger partial charge in [-0.2, -0.15) is 0 Å². The van der Waals surface area contributed by atoms with Crippen LogP contribution in [-0.4, -0.2) is 23.8 Å². The molecule has 2 aliphatic heterocycles. The van der Waals surface area contributed by atoms with E-state index in [-0.39, 0.29) is 25.0 Å². The molecule has 3 heterocycles. The zero-order chi connectivity index (χ0) is 13.7. The summed E-state index contributed by atoms with van der Waals surface area (Å²) >= 11 is 0. The number of rotatable bonds is 1. The van der Waals surface area contributed by atoms with Gasteiger partial charge in [-0.3, -0.25) is 14.9 Å².